The van der Waals surface area contributed by atoms with Gasteiger partial charge >= 0.3 is 5.69 Å². The fourth-order valence-corrected chi connectivity index (χ4v) is 3.42. The average molecular weight is 383 g/mol. The van der Waals surface area contributed by atoms with Crippen LogP contribution in [0.4, 0.5) is 0 Å². The van der Waals surface area contributed by atoms with Crippen molar-refractivity contribution in [2.24, 2.45) is 0 Å². The summed E-state index contributed by atoms with van der Waals surface area (Å²) < 4.78 is 13.8. The van der Waals surface area contributed by atoms with Gasteiger partial charge in [0.05, 0.1) is 31.3 Å². The Kier molecular flexibility index (Phi) is 5.73. The van der Waals surface area contributed by atoms with E-state index in [0.29, 0.717) is 18.0 Å². The van der Waals surface area contributed by atoms with Crippen LogP contribution in [0.2, 0.25) is 0 Å². The van der Waals surface area contributed by atoms with Crippen LogP contribution in [0, 0.1) is 0 Å². The highest BCUT2D eigenvalue weighted by Crippen LogP contribution is 2.29. The van der Waals surface area contributed by atoms with Crippen molar-refractivity contribution in [2.45, 2.75) is 33.0 Å². The topological polar surface area (TPSA) is 74.5 Å². The number of amides is 1. The number of ether oxygens (including phenoxy) is 2. The molecule has 1 atom stereocenters. The largest absolute Gasteiger partial charge is 0.497 e. The van der Waals surface area contributed by atoms with E-state index >= 15 is 0 Å². The van der Waals surface area contributed by atoms with Gasteiger partial charge in [0, 0.05) is 18.2 Å². The van der Waals surface area contributed by atoms with E-state index in [4.69, 9.17) is 9.47 Å². The van der Waals surface area contributed by atoms with E-state index in [1.54, 1.807) is 24.9 Å². The maximum atomic E-state index is 12.7. The summed E-state index contributed by atoms with van der Waals surface area (Å²) in [5, 5.41) is 2.95. The smallest absolute Gasteiger partial charge is 0.329 e. The Labute approximate surface area is 163 Å². The standard InChI is InChI=1S/C21H25N3O4/c1-5-23-17-8-6-7-9-18(17)24(21(23)26)13-20(25)22-14(2)16-11-10-15(27-3)12-19(16)28-4/h6-12,14H,5,13H2,1-4H3,(H,22,25). The zero-order valence-electron chi connectivity index (χ0n) is 16.6. The van der Waals surface area contributed by atoms with Crippen LogP contribution in [0.1, 0.15) is 25.5 Å². The maximum absolute atomic E-state index is 12.7. The Morgan fingerprint density at radius 3 is 2.36 bits per heavy atom. The van der Waals surface area contributed by atoms with Gasteiger partial charge in [-0.3, -0.25) is 13.9 Å². The number of methoxy groups -OCH3 is 2. The van der Waals surface area contributed by atoms with Crippen LogP contribution in [-0.4, -0.2) is 29.3 Å². The van der Waals surface area contributed by atoms with Gasteiger partial charge in [-0.05, 0) is 38.1 Å². The molecule has 1 aromatic heterocycles. The summed E-state index contributed by atoms with van der Waals surface area (Å²) in [4.78, 5) is 25.4. The predicted molar refractivity (Wildman–Crippen MR) is 108 cm³/mol. The van der Waals surface area contributed by atoms with Crippen LogP contribution in [-0.2, 0) is 17.9 Å². The van der Waals surface area contributed by atoms with E-state index < -0.39 is 0 Å². The zero-order valence-corrected chi connectivity index (χ0v) is 16.6. The number of para-hydroxylation sites is 2. The third-order valence-corrected chi connectivity index (χ3v) is 4.83. The second kappa shape index (κ2) is 8.21. The fraction of sp³-hybridized carbons (Fsp3) is 0.333. The molecule has 1 N–H and O–H groups in total. The Balaban J connectivity index is 1.83. The second-order valence-electron chi connectivity index (χ2n) is 6.50. The van der Waals surface area contributed by atoms with E-state index in [2.05, 4.69) is 5.32 Å². The van der Waals surface area contributed by atoms with Crippen molar-refractivity contribution in [3.05, 3.63) is 58.5 Å². The van der Waals surface area contributed by atoms with Crippen molar-refractivity contribution in [3.8, 4) is 11.5 Å². The molecule has 0 aliphatic heterocycles. The van der Waals surface area contributed by atoms with Crippen molar-refractivity contribution in [3.63, 3.8) is 0 Å². The molecule has 28 heavy (non-hydrogen) atoms. The van der Waals surface area contributed by atoms with E-state index in [1.807, 2.05) is 50.2 Å². The highest BCUT2D eigenvalue weighted by Gasteiger charge is 2.18. The van der Waals surface area contributed by atoms with Crippen LogP contribution < -0.4 is 20.5 Å². The van der Waals surface area contributed by atoms with Gasteiger partial charge in [-0.2, -0.15) is 0 Å². The first-order valence-electron chi connectivity index (χ1n) is 9.19. The first-order valence-corrected chi connectivity index (χ1v) is 9.19. The Bertz CT molecular complexity index is 1050. The number of hydrogen-bond donors (Lipinski definition) is 1. The summed E-state index contributed by atoms with van der Waals surface area (Å²) in [6, 6.07) is 12.7. The lowest BCUT2D eigenvalue weighted by molar-refractivity contribution is -0.122. The minimum Gasteiger partial charge on any atom is -0.497 e. The number of aryl methyl sites for hydroxylation is 1. The molecular weight excluding hydrogens is 358 g/mol. The van der Waals surface area contributed by atoms with Gasteiger partial charge in [0.25, 0.3) is 0 Å². The number of carbonyl (C=O) groups excluding carboxylic acids is 1. The van der Waals surface area contributed by atoms with Crippen molar-refractivity contribution in [1.82, 2.24) is 14.5 Å². The van der Waals surface area contributed by atoms with Crippen LogP contribution in [0.5, 0.6) is 11.5 Å². The number of aromatic nitrogens is 2. The molecular formula is C21H25N3O4. The van der Waals surface area contributed by atoms with Crippen LogP contribution >= 0.6 is 0 Å². The highest BCUT2D eigenvalue weighted by molar-refractivity contribution is 5.81. The molecule has 0 radical (unpaired) electrons. The van der Waals surface area contributed by atoms with Gasteiger partial charge in [0.2, 0.25) is 5.91 Å². The Morgan fingerprint density at radius 2 is 1.75 bits per heavy atom. The molecule has 7 heteroatoms. The van der Waals surface area contributed by atoms with Crippen molar-refractivity contribution in [2.75, 3.05) is 14.2 Å². The predicted octanol–water partition coefficient (Wildman–Crippen LogP) is 2.72. The molecule has 0 fully saturated rings. The van der Waals surface area contributed by atoms with Gasteiger partial charge in [0.1, 0.15) is 18.0 Å². The molecule has 0 saturated heterocycles. The van der Waals surface area contributed by atoms with E-state index in [9.17, 15) is 9.59 Å². The van der Waals surface area contributed by atoms with Gasteiger partial charge < -0.3 is 14.8 Å². The Hall–Kier alpha value is -3.22. The molecule has 1 amide bonds. The molecule has 0 aliphatic rings. The van der Waals surface area contributed by atoms with Crippen LogP contribution in [0.25, 0.3) is 11.0 Å². The molecule has 2 aromatic carbocycles. The highest BCUT2D eigenvalue weighted by atomic mass is 16.5. The number of rotatable bonds is 7. The van der Waals surface area contributed by atoms with Gasteiger partial charge in [0.15, 0.2) is 0 Å². The summed E-state index contributed by atoms with van der Waals surface area (Å²) in [7, 11) is 3.16. The normalized spacial score (nSPS) is 12.0. The van der Waals surface area contributed by atoms with E-state index in [0.717, 1.165) is 16.6 Å². The van der Waals surface area contributed by atoms with E-state index in [1.165, 1.54) is 4.57 Å². The third kappa shape index (κ3) is 3.60. The van der Waals surface area contributed by atoms with Gasteiger partial charge in [-0.25, -0.2) is 4.79 Å². The molecule has 148 valence electrons. The van der Waals surface area contributed by atoms with Crippen LogP contribution in [0.15, 0.2) is 47.3 Å². The number of hydrogen-bond acceptors (Lipinski definition) is 4. The number of nitrogens with one attached hydrogen (secondary N) is 1. The molecule has 3 rings (SSSR count). The Morgan fingerprint density at radius 1 is 1.07 bits per heavy atom. The fourth-order valence-electron chi connectivity index (χ4n) is 3.42. The summed E-state index contributed by atoms with van der Waals surface area (Å²) in [5.74, 6) is 1.07. The first kappa shape index (κ1) is 19.5. The molecule has 0 bridgehead atoms. The summed E-state index contributed by atoms with van der Waals surface area (Å²) in [5.41, 5.74) is 2.22. The number of imidazole rings is 1. The number of carbonyl (C=O) groups is 1. The molecule has 3 aromatic rings. The van der Waals surface area contributed by atoms with Gasteiger partial charge in [-0.15, -0.1) is 0 Å². The van der Waals surface area contributed by atoms with Crippen molar-refractivity contribution < 1.29 is 14.3 Å². The summed E-state index contributed by atoms with van der Waals surface area (Å²) in [6.07, 6.45) is 0. The molecule has 7 nitrogen and oxygen atoms in total. The summed E-state index contributed by atoms with van der Waals surface area (Å²) >= 11 is 0. The van der Waals surface area contributed by atoms with E-state index in [-0.39, 0.29) is 24.2 Å². The number of fused-ring (bicyclic) bond motifs is 1. The number of benzene rings is 2. The van der Waals surface area contributed by atoms with Crippen molar-refractivity contribution in [1.29, 1.82) is 0 Å². The number of nitrogens with zero attached hydrogens (tertiary/aromatic N) is 2. The first-order chi connectivity index (χ1) is 13.5. The molecule has 0 saturated carbocycles. The second-order valence-corrected chi connectivity index (χ2v) is 6.50. The molecule has 1 unspecified atom stereocenters. The molecule has 0 spiro atoms. The van der Waals surface area contributed by atoms with Gasteiger partial charge in [-0.1, -0.05) is 12.1 Å². The zero-order chi connectivity index (χ0) is 20.3. The van der Waals surface area contributed by atoms with Crippen LogP contribution in [0.3, 0.4) is 0 Å². The lowest BCUT2D eigenvalue weighted by atomic mass is 10.1. The maximum Gasteiger partial charge on any atom is 0.329 e. The third-order valence-electron chi connectivity index (χ3n) is 4.83. The lowest BCUT2D eigenvalue weighted by Crippen LogP contribution is -2.34. The quantitative estimate of drug-likeness (QED) is 0.681. The minimum atomic E-state index is -0.288. The lowest BCUT2D eigenvalue weighted by Gasteiger charge is -2.18. The SMILES string of the molecule is CCn1c(=O)n(CC(=O)NC(C)c2ccc(OC)cc2OC)c2ccccc21. The molecule has 0 aliphatic carbocycles. The minimum absolute atomic E-state index is 0.0465. The average Bonchev–Trinajstić information content (AvgIpc) is 2.98. The molecule has 1 heterocycles. The summed E-state index contributed by atoms with van der Waals surface area (Å²) in [6.45, 7) is 4.29. The van der Waals surface area contributed by atoms with Crippen molar-refractivity contribution >= 4 is 16.9 Å². The monoisotopic (exact) mass is 383 g/mol.